The van der Waals surface area contributed by atoms with E-state index in [9.17, 15) is 14.9 Å². The third-order valence-corrected chi connectivity index (χ3v) is 4.67. The van der Waals surface area contributed by atoms with Crippen LogP contribution in [-0.4, -0.2) is 17.5 Å². The summed E-state index contributed by atoms with van der Waals surface area (Å²) in [5.41, 5.74) is 1.91. The second kappa shape index (κ2) is 7.19. The molecule has 2 aromatic carbocycles. The fraction of sp³-hybridized carbons (Fsp3) is 0.176. The zero-order valence-corrected chi connectivity index (χ0v) is 13.7. The van der Waals surface area contributed by atoms with Crippen LogP contribution in [0.3, 0.4) is 0 Å². The molecule has 0 heterocycles. The Morgan fingerprint density at radius 1 is 1.30 bits per heavy atom. The molecule has 6 heteroatoms. The van der Waals surface area contributed by atoms with Crippen LogP contribution in [0.15, 0.2) is 51.2 Å². The lowest BCUT2D eigenvalue weighted by atomic mass is 10.0. The number of hydrogen-bond acceptors (Lipinski definition) is 4. The van der Waals surface area contributed by atoms with E-state index in [2.05, 4.69) is 11.7 Å². The molecule has 2 aromatic rings. The van der Waals surface area contributed by atoms with E-state index in [1.54, 1.807) is 6.07 Å². The van der Waals surface area contributed by atoms with Gasteiger partial charge in [0.25, 0.3) is 11.6 Å². The highest BCUT2D eigenvalue weighted by atomic mass is 32.2. The molecule has 0 saturated heterocycles. The van der Waals surface area contributed by atoms with Gasteiger partial charge >= 0.3 is 0 Å². The predicted molar refractivity (Wildman–Crippen MR) is 91.7 cm³/mol. The van der Waals surface area contributed by atoms with Gasteiger partial charge in [0.2, 0.25) is 0 Å². The van der Waals surface area contributed by atoms with Gasteiger partial charge in [-0.25, -0.2) is 4.99 Å². The Morgan fingerprint density at radius 2 is 2.00 bits per heavy atom. The van der Waals surface area contributed by atoms with E-state index in [4.69, 9.17) is 0 Å². The van der Waals surface area contributed by atoms with Crippen LogP contribution < -0.4 is 0 Å². The molecule has 0 aliphatic heterocycles. The Bertz CT molecular complexity index is 787. The average Bonchev–Trinajstić information content (AvgIpc) is 2.55. The summed E-state index contributed by atoms with van der Waals surface area (Å²) in [4.78, 5) is 27.6. The Kier molecular flexibility index (Phi) is 5.28. The maximum absolute atomic E-state index is 11.8. The minimum atomic E-state index is -0.544. The zero-order valence-electron chi connectivity index (χ0n) is 12.9. The number of carbonyl (C=O) groups is 1. The lowest BCUT2D eigenvalue weighted by Crippen LogP contribution is -2.03. The molecule has 0 atom stereocenters. The van der Waals surface area contributed by atoms with E-state index in [0.29, 0.717) is 11.3 Å². The highest BCUT2D eigenvalue weighted by molar-refractivity contribution is 7.99. The van der Waals surface area contributed by atoms with Gasteiger partial charge in [-0.15, -0.1) is 0 Å². The van der Waals surface area contributed by atoms with Crippen molar-refractivity contribution in [2.75, 3.05) is 0 Å². The normalized spacial score (nSPS) is 10.3. The standard InChI is InChI=1S/C17H16N2O3S/c1-4-12-9-16(23-15-8-6-5-7-11(15)2)14(19(21)22)10-13(12)17(20)18-3/h5-10H,3-4H2,1-2H3. The summed E-state index contributed by atoms with van der Waals surface area (Å²) in [6.07, 6.45) is 0.579. The number of rotatable bonds is 5. The number of nitro groups is 1. The summed E-state index contributed by atoms with van der Waals surface area (Å²) < 4.78 is 0. The van der Waals surface area contributed by atoms with Gasteiger partial charge in [0.1, 0.15) is 0 Å². The van der Waals surface area contributed by atoms with Gasteiger partial charge in [-0.05, 0) is 43.3 Å². The Labute approximate surface area is 138 Å². The third kappa shape index (κ3) is 3.65. The first-order valence-electron chi connectivity index (χ1n) is 7.03. The molecular formula is C17H16N2O3S. The van der Waals surface area contributed by atoms with Crippen LogP contribution in [0.5, 0.6) is 0 Å². The topological polar surface area (TPSA) is 72.6 Å². The molecular weight excluding hydrogens is 312 g/mol. The van der Waals surface area contributed by atoms with Crippen molar-refractivity contribution >= 4 is 30.1 Å². The highest BCUT2D eigenvalue weighted by Crippen LogP contribution is 2.38. The molecule has 1 amide bonds. The predicted octanol–water partition coefficient (Wildman–Crippen LogP) is 4.46. The largest absolute Gasteiger partial charge is 0.284 e. The number of aliphatic imine (C=N–C) groups is 1. The van der Waals surface area contributed by atoms with Crippen molar-refractivity contribution in [3.63, 3.8) is 0 Å². The molecule has 0 aliphatic carbocycles. The number of nitrogens with zero attached hydrogens (tertiary/aromatic N) is 2. The number of carbonyl (C=O) groups excluding carboxylic acids is 1. The Morgan fingerprint density at radius 3 is 2.57 bits per heavy atom. The van der Waals surface area contributed by atoms with Crippen LogP contribution in [0.1, 0.15) is 28.4 Å². The van der Waals surface area contributed by atoms with Crippen molar-refractivity contribution in [1.82, 2.24) is 0 Å². The first kappa shape index (κ1) is 16.9. The fourth-order valence-corrected chi connectivity index (χ4v) is 3.25. The van der Waals surface area contributed by atoms with Gasteiger partial charge in [0.15, 0.2) is 0 Å². The highest BCUT2D eigenvalue weighted by Gasteiger charge is 2.21. The molecule has 5 nitrogen and oxygen atoms in total. The van der Waals surface area contributed by atoms with Gasteiger partial charge in [-0.1, -0.05) is 36.9 Å². The molecule has 0 spiro atoms. The van der Waals surface area contributed by atoms with Crippen molar-refractivity contribution in [3.05, 3.63) is 63.2 Å². The minimum Gasteiger partial charge on any atom is -0.267 e. The summed E-state index contributed by atoms with van der Waals surface area (Å²) in [5.74, 6) is -0.544. The van der Waals surface area contributed by atoms with E-state index in [-0.39, 0.29) is 11.3 Å². The summed E-state index contributed by atoms with van der Waals surface area (Å²) in [7, 11) is 0. The van der Waals surface area contributed by atoms with E-state index in [1.165, 1.54) is 17.8 Å². The summed E-state index contributed by atoms with van der Waals surface area (Å²) >= 11 is 1.33. The molecule has 0 unspecified atom stereocenters. The monoisotopic (exact) mass is 328 g/mol. The second-order valence-corrected chi connectivity index (χ2v) is 6.00. The number of hydrogen-bond donors (Lipinski definition) is 0. The number of aryl methyl sites for hydroxylation is 2. The third-order valence-electron chi connectivity index (χ3n) is 3.45. The van der Waals surface area contributed by atoms with Crippen LogP contribution in [0, 0.1) is 17.0 Å². The van der Waals surface area contributed by atoms with E-state index in [1.807, 2.05) is 38.1 Å². The summed E-state index contributed by atoms with van der Waals surface area (Å²) in [6, 6.07) is 10.7. The summed E-state index contributed by atoms with van der Waals surface area (Å²) in [6.45, 7) is 7.06. The second-order valence-electron chi connectivity index (χ2n) is 4.92. The quantitative estimate of drug-likeness (QED) is 0.461. The number of amides is 1. The lowest BCUT2D eigenvalue weighted by Gasteiger charge is -2.10. The van der Waals surface area contributed by atoms with Crippen LogP contribution in [-0.2, 0) is 6.42 Å². The van der Waals surface area contributed by atoms with Crippen LogP contribution in [0.25, 0.3) is 0 Å². The fourth-order valence-electron chi connectivity index (χ4n) is 2.20. The first-order chi connectivity index (χ1) is 11.0. The Hall–Kier alpha value is -2.47. The van der Waals surface area contributed by atoms with Crippen molar-refractivity contribution < 1.29 is 9.72 Å². The Balaban J connectivity index is 2.58. The number of benzene rings is 2. The maximum Gasteiger partial charge on any atom is 0.284 e. The molecule has 118 valence electrons. The lowest BCUT2D eigenvalue weighted by molar-refractivity contribution is -0.387. The maximum atomic E-state index is 11.8. The van der Waals surface area contributed by atoms with E-state index >= 15 is 0 Å². The minimum absolute atomic E-state index is 0.0950. The van der Waals surface area contributed by atoms with Crippen molar-refractivity contribution in [3.8, 4) is 0 Å². The molecule has 0 aliphatic rings. The van der Waals surface area contributed by atoms with Gasteiger partial charge in [-0.3, -0.25) is 14.9 Å². The van der Waals surface area contributed by atoms with Crippen molar-refractivity contribution in [2.24, 2.45) is 4.99 Å². The number of nitro benzene ring substituents is 1. The molecule has 0 radical (unpaired) electrons. The van der Waals surface area contributed by atoms with Crippen molar-refractivity contribution in [1.29, 1.82) is 0 Å². The molecule has 0 aromatic heterocycles. The van der Waals surface area contributed by atoms with E-state index < -0.39 is 10.8 Å². The van der Waals surface area contributed by atoms with E-state index in [0.717, 1.165) is 16.0 Å². The van der Waals surface area contributed by atoms with Crippen LogP contribution >= 0.6 is 11.8 Å². The van der Waals surface area contributed by atoms with Gasteiger partial charge in [-0.2, -0.15) is 0 Å². The SMILES string of the molecule is C=NC(=O)c1cc([N+](=O)[O-])c(Sc2ccccc2C)cc1CC. The van der Waals surface area contributed by atoms with Gasteiger partial charge < -0.3 is 0 Å². The van der Waals surface area contributed by atoms with Gasteiger partial charge in [0.05, 0.1) is 15.4 Å². The molecule has 2 rings (SSSR count). The van der Waals surface area contributed by atoms with Crippen molar-refractivity contribution in [2.45, 2.75) is 30.1 Å². The smallest absolute Gasteiger partial charge is 0.267 e. The summed E-state index contributed by atoms with van der Waals surface area (Å²) in [5, 5.41) is 11.4. The first-order valence-corrected chi connectivity index (χ1v) is 7.85. The van der Waals surface area contributed by atoms with Crippen LogP contribution in [0.4, 0.5) is 5.69 Å². The molecule has 0 saturated carbocycles. The average molecular weight is 328 g/mol. The molecule has 0 N–H and O–H groups in total. The van der Waals surface area contributed by atoms with Gasteiger partial charge in [0, 0.05) is 11.0 Å². The molecule has 0 bridgehead atoms. The molecule has 0 fully saturated rings. The zero-order chi connectivity index (χ0) is 17.0. The molecule has 23 heavy (non-hydrogen) atoms. The van der Waals surface area contributed by atoms with Crippen LogP contribution in [0.2, 0.25) is 0 Å².